The number of hydrogen-bond donors (Lipinski definition) is 2. The first-order valence-corrected chi connectivity index (χ1v) is 8.09. The molecule has 5 heteroatoms. The zero-order valence-electron chi connectivity index (χ0n) is 16.6. The summed E-state index contributed by atoms with van der Waals surface area (Å²) < 4.78 is 31.9. The molecule has 5 aliphatic rings. The highest BCUT2D eigenvalue weighted by atomic mass is 16.3. The highest BCUT2D eigenvalue weighted by molar-refractivity contribution is 5.79. The monoisotopic (exact) mass is 307 g/mol. The lowest BCUT2D eigenvalue weighted by atomic mass is 9.51. The van der Waals surface area contributed by atoms with E-state index in [1.807, 2.05) is 0 Å². The van der Waals surface area contributed by atoms with E-state index in [0.29, 0.717) is 18.3 Å². The molecule has 22 heavy (non-hydrogen) atoms. The van der Waals surface area contributed by atoms with Crippen molar-refractivity contribution in [3.63, 3.8) is 0 Å². The van der Waals surface area contributed by atoms with Gasteiger partial charge in [-0.3, -0.25) is 4.79 Å². The average molecular weight is 307 g/mol. The first-order valence-electron chi connectivity index (χ1n) is 10.3. The Morgan fingerprint density at radius 2 is 2.18 bits per heavy atom. The van der Waals surface area contributed by atoms with E-state index in [1.54, 1.807) is 6.07 Å². The van der Waals surface area contributed by atoms with E-state index in [-0.39, 0.29) is 12.1 Å². The highest BCUT2D eigenvalue weighted by Crippen LogP contribution is 2.57. The molecule has 1 saturated heterocycles. The molecule has 120 valence electrons. The van der Waals surface area contributed by atoms with E-state index >= 15 is 0 Å². The summed E-state index contributed by atoms with van der Waals surface area (Å²) >= 11 is 0. The van der Waals surface area contributed by atoms with Gasteiger partial charge in [-0.2, -0.15) is 5.26 Å². The highest BCUT2D eigenvalue weighted by Gasteiger charge is 2.57. The Bertz CT molecular complexity index is 657. The van der Waals surface area contributed by atoms with Crippen molar-refractivity contribution < 1.29 is 15.4 Å². The van der Waals surface area contributed by atoms with E-state index < -0.39 is 36.8 Å². The van der Waals surface area contributed by atoms with Gasteiger partial charge in [0.15, 0.2) is 0 Å². The molecule has 4 bridgehead atoms. The van der Waals surface area contributed by atoms with Crippen LogP contribution in [0.1, 0.15) is 56.8 Å². The number of likely N-dealkylation sites (tertiary alicyclic amines) is 1. The van der Waals surface area contributed by atoms with Crippen LogP contribution in [0.5, 0.6) is 0 Å². The third-order valence-electron chi connectivity index (χ3n) is 5.78. The second-order valence-corrected chi connectivity index (χ2v) is 7.59. The lowest BCUT2D eigenvalue weighted by molar-refractivity contribution is -0.147. The number of nitriles is 1. The largest absolute Gasteiger partial charge is 0.390 e. The van der Waals surface area contributed by atoms with Crippen molar-refractivity contribution in [1.29, 1.82) is 5.26 Å². The molecule has 4 saturated carbocycles. The molecule has 1 amide bonds. The Hall–Kier alpha value is -1.12. The number of aliphatic hydroxyl groups is 1. The molecule has 0 aromatic heterocycles. The molecule has 5 rings (SSSR count). The average Bonchev–Trinajstić information content (AvgIpc) is 2.72. The van der Waals surface area contributed by atoms with Crippen molar-refractivity contribution in [3.8, 4) is 6.07 Å². The van der Waals surface area contributed by atoms with Gasteiger partial charge >= 0.3 is 0 Å². The summed E-state index contributed by atoms with van der Waals surface area (Å²) in [5.41, 5.74) is -0.958. The zero-order valence-corrected chi connectivity index (χ0v) is 12.6. The number of nitrogens with one attached hydrogen (secondary N) is 1. The maximum Gasteiger partial charge on any atom is 0.237 e. The van der Waals surface area contributed by atoms with E-state index in [9.17, 15) is 15.2 Å². The molecule has 4 aliphatic carbocycles. The number of carbonyl (C=O) groups is 1. The van der Waals surface area contributed by atoms with Crippen LogP contribution in [0.2, 0.25) is 0 Å². The minimum absolute atomic E-state index is 0.132. The van der Waals surface area contributed by atoms with Gasteiger partial charge in [0.25, 0.3) is 0 Å². The molecule has 5 nitrogen and oxygen atoms in total. The quantitative estimate of drug-likeness (QED) is 0.821. The van der Waals surface area contributed by atoms with Crippen LogP contribution in [0.4, 0.5) is 0 Å². The van der Waals surface area contributed by atoms with Gasteiger partial charge in [-0.1, -0.05) is 0 Å². The fraction of sp³-hybridized carbons (Fsp3) is 0.882. The summed E-state index contributed by atoms with van der Waals surface area (Å²) in [6.45, 7) is -1.52. The Kier molecular flexibility index (Phi) is 2.38. The van der Waals surface area contributed by atoms with Gasteiger partial charge in [-0.15, -0.1) is 0 Å². The standard InChI is InChI=1S/C17H25N3O2/c18-9-14-2-1-3-20(14)15(21)10-19-16-5-12-4-13(6-16)8-17(22,7-12)11-16/h12-14,19,22H,1-8,10-11H2/t12-,13+,14?,16?,17?/i1D,2D,3D,14D/t1?,2?,3?,12-,13+,14?,16?,17?. The van der Waals surface area contributed by atoms with Gasteiger partial charge in [-0.25, -0.2) is 0 Å². The molecule has 6 unspecified atom stereocenters. The predicted octanol–water partition coefficient (Wildman–Crippen LogP) is 1.17. The molecular weight excluding hydrogens is 278 g/mol. The summed E-state index contributed by atoms with van der Waals surface area (Å²) in [5, 5.41) is 23.4. The van der Waals surface area contributed by atoms with Crippen LogP contribution in [0.3, 0.4) is 0 Å². The Labute approximate surface area is 137 Å². The summed E-state index contributed by atoms with van der Waals surface area (Å²) in [4.78, 5) is 13.5. The predicted molar refractivity (Wildman–Crippen MR) is 80.7 cm³/mol. The summed E-state index contributed by atoms with van der Waals surface area (Å²) in [6, 6.07) is -0.539. The lowest BCUT2D eigenvalue weighted by Crippen LogP contribution is -2.65. The van der Waals surface area contributed by atoms with Crippen molar-refractivity contribution >= 4 is 5.91 Å². The first kappa shape index (κ1) is 10.6. The molecule has 0 aromatic rings. The molecule has 0 aromatic carbocycles. The van der Waals surface area contributed by atoms with E-state index in [0.717, 1.165) is 37.0 Å². The van der Waals surface area contributed by atoms with E-state index in [2.05, 4.69) is 5.32 Å². The van der Waals surface area contributed by atoms with Gasteiger partial charge in [0, 0.05) is 16.2 Å². The smallest absolute Gasteiger partial charge is 0.237 e. The first-order chi connectivity index (χ1) is 12.1. The molecule has 2 N–H and O–H groups in total. The van der Waals surface area contributed by atoms with Gasteiger partial charge in [0.2, 0.25) is 5.91 Å². The van der Waals surface area contributed by atoms with Crippen molar-refractivity contribution in [1.82, 2.24) is 10.2 Å². The van der Waals surface area contributed by atoms with E-state index in [1.165, 1.54) is 0 Å². The Balaban J connectivity index is 1.49. The zero-order chi connectivity index (χ0) is 18.9. The molecular formula is C17H25N3O2. The summed E-state index contributed by atoms with van der Waals surface area (Å²) in [7, 11) is 0. The van der Waals surface area contributed by atoms with Crippen molar-refractivity contribution in [3.05, 3.63) is 0 Å². The van der Waals surface area contributed by atoms with Crippen LogP contribution in [-0.4, -0.2) is 46.1 Å². The van der Waals surface area contributed by atoms with Crippen LogP contribution >= 0.6 is 0 Å². The van der Waals surface area contributed by atoms with Crippen LogP contribution < -0.4 is 5.32 Å². The molecule has 8 atom stereocenters. The van der Waals surface area contributed by atoms with Gasteiger partial charge in [0.1, 0.15) is 6.02 Å². The maximum absolute atomic E-state index is 12.7. The third-order valence-corrected chi connectivity index (χ3v) is 5.78. The van der Waals surface area contributed by atoms with Crippen LogP contribution in [0, 0.1) is 23.2 Å². The Morgan fingerprint density at radius 3 is 2.82 bits per heavy atom. The number of amides is 1. The Morgan fingerprint density at radius 1 is 1.45 bits per heavy atom. The lowest BCUT2D eigenvalue weighted by Gasteiger charge is -2.60. The fourth-order valence-electron chi connectivity index (χ4n) is 5.46. The summed E-state index contributed by atoms with van der Waals surface area (Å²) in [5.74, 6) is 0.338. The molecule has 1 heterocycles. The molecule has 5 fully saturated rings. The van der Waals surface area contributed by atoms with Crippen LogP contribution in [-0.2, 0) is 4.79 Å². The molecule has 0 spiro atoms. The number of hydrogen-bond acceptors (Lipinski definition) is 4. The van der Waals surface area contributed by atoms with Crippen molar-refractivity contribution in [2.75, 3.05) is 13.1 Å². The normalized spacial score (nSPS) is 62.0. The fourth-order valence-corrected chi connectivity index (χ4v) is 5.46. The van der Waals surface area contributed by atoms with Gasteiger partial charge in [-0.05, 0) is 63.2 Å². The number of carbonyl (C=O) groups excluding carboxylic acids is 1. The van der Waals surface area contributed by atoms with Crippen LogP contribution in [0.25, 0.3) is 0 Å². The second kappa shape index (κ2) is 4.94. The number of nitrogens with zero attached hydrogens (tertiary/aromatic N) is 2. The topological polar surface area (TPSA) is 76.4 Å². The van der Waals surface area contributed by atoms with Gasteiger partial charge in [0.05, 0.1) is 19.6 Å². The van der Waals surface area contributed by atoms with Gasteiger partial charge < -0.3 is 15.3 Å². The van der Waals surface area contributed by atoms with Crippen LogP contribution in [0.15, 0.2) is 0 Å². The SMILES string of the molecule is [2H]C1C([2H])N(C(=O)CNC23C[C@@H]4C[C@@H](CC(O)(C4)C2)C3)C([2H])(C#N)C1[2H]. The van der Waals surface area contributed by atoms with Crippen molar-refractivity contribution in [2.24, 2.45) is 11.8 Å². The molecule has 1 aliphatic heterocycles. The minimum atomic E-state index is -2.20. The third kappa shape index (κ3) is 2.33. The molecule has 0 radical (unpaired) electrons. The number of rotatable bonds is 3. The minimum Gasteiger partial charge on any atom is -0.390 e. The van der Waals surface area contributed by atoms with E-state index in [4.69, 9.17) is 5.48 Å². The maximum atomic E-state index is 12.7. The second-order valence-electron chi connectivity index (χ2n) is 7.59. The summed E-state index contributed by atoms with van der Waals surface area (Å²) in [6.07, 6.45) is 2.48. The van der Waals surface area contributed by atoms with Crippen molar-refractivity contribution in [2.45, 2.75) is 68.5 Å².